The van der Waals surface area contributed by atoms with E-state index in [9.17, 15) is 4.79 Å². The van der Waals surface area contributed by atoms with Gasteiger partial charge in [-0.1, -0.05) is 31.4 Å². The van der Waals surface area contributed by atoms with Crippen LogP contribution in [0.15, 0.2) is 62.1 Å². The van der Waals surface area contributed by atoms with Gasteiger partial charge in [0, 0.05) is 40.7 Å². The topological polar surface area (TPSA) is 98.2 Å². The summed E-state index contributed by atoms with van der Waals surface area (Å²) < 4.78 is 1.82. The van der Waals surface area contributed by atoms with Crippen LogP contribution >= 0.6 is 0 Å². The molecule has 4 aromatic rings. The van der Waals surface area contributed by atoms with Crippen molar-refractivity contribution in [3.63, 3.8) is 0 Å². The number of anilines is 1. The molecular formula is C23H20N6O. The minimum atomic E-state index is -0.204. The van der Waals surface area contributed by atoms with E-state index in [4.69, 9.17) is 5.73 Å². The largest absolute Gasteiger partial charge is 0.382 e. The number of pyridine rings is 1. The number of amides is 1. The number of nitrogen functional groups attached to an aromatic ring is 1. The molecule has 7 nitrogen and oxygen atoms in total. The zero-order valence-electron chi connectivity index (χ0n) is 16.3. The lowest BCUT2D eigenvalue weighted by atomic mass is 9.85. The van der Waals surface area contributed by atoms with Crippen LogP contribution in [-0.4, -0.2) is 31.5 Å². The summed E-state index contributed by atoms with van der Waals surface area (Å²) in [6.45, 7) is 7.85. The SMILES string of the molecule is C=CC(=O)N[C@H]1CC(=C)c2c(-c3cnc4ccccc4c3)c3c(N)ncnn3c2C1. The van der Waals surface area contributed by atoms with Crippen LogP contribution in [0, 0.1) is 0 Å². The third-order valence-corrected chi connectivity index (χ3v) is 5.55. The second-order valence-corrected chi connectivity index (χ2v) is 7.44. The van der Waals surface area contributed by atoms with Gasteiger partial charge in [-0.15, -0.1) is 0 Å². The second-order valence-electron chi connectivity index (χ2n) is 7.44. The molecule has 1 aliphatic carbocycles. The van der Waals surface area contributed by atoms with Gasteiger partial charge in [-0.05, 0) is 30.2 Å². The predicted molar refractivity (Wildman–Crippen MR) is 118 cm³/mol. The van der Waals surface area contributed by atoms with Crippen molar-refractivity contribution in [1.82, 2.24) is 24.9 Å². The molecule has 30 heavy (non-hydrogen) atoms. The van der Waals surface area contributed by atoms with E-state index >= 15 is 0 Å². The zero-order chi connectivity index (χ0) is 20.8. The summed E-state index contributed by atoms with van der Waals surface area (Å²) in [6, 6.07) is 9.98. The Morgan fingerprint density at radius 3 is 2.90 bits per heavy atom. The Morgan fingerprint density at radius 1 is 1.23 bits per heavy atom. The molecule has 0 saturated heterocycles. The number of fused-ring (bicyclic) bond motifs is 4. The number of benzene rings is 1. The summed E-state index contributed by atoms with van der Waals surface area (Å²) in [4.78, 5) is 20.7. The number of carbonyl (C=O) groups is 1. The fourth-order valence-corrected chi connectivity index (χ4v) is 4.30. The van der Waals surface area contributed by atoms with Crippen molar-refractivity contribution in [1.29, 1.82) is 0 Å². The Morgan fingerprint density at radius 2 is 2.07 bits per heavy atom. The summed E-state index contributed by atoms with van der Waals surface area (Å²) in [5.74, 6) is 0.187. The number of nitrogens with zero attached hydrogens (tertiary/aromatic N) is 4. The first kappa shape index (κ1) is 18.1. The third kappa shape index (κ3) is 2.75. The summed E-state index contributed by atoms with van der Waals surface area (Å²) in [5.41, 5.74) is 12.7. The molecule has 5 rings (SSSR count). The van der Waals surface area contributed by atoms with Gasteiger partial charge < -0.3 is 11.1 Å². The first-order chi connectivity index (χ1) is 14.6. The molecule has 1 atom stereocenters. The normalized spacial score (nSPS) is 15.9. The van der Waals surface area contributed by atoms with Crippen LogP contribution in [0.4, 0.5) is 5.82 Å². The number of nitrogens with two attached hydrogens (primary N) is 1. The average molecular weight is 396 g/mol. The van der Waals surface area contributed by atoms with Crippen LogP contribution in [0.1, 0.15) is 17.7 Å². The van der Waals surface area contributed by atoms with E-state index < -0.39 is 0 Å². The van der Waals surface area contributed by atoms with Crippen LogP contribution in [0.25, 0.3) is 33.1 Å². The van der Waals surface area contributed by atoms with Crippen molar-refractivity contribution < 1.29 is 4.79 Å². The number of para-hydroxylation sites is 1. The van der Waals surface area contributed by atoms with Crippen molar-refractivity contribution in [2.45, 2.75) is 18.9 Å². The Labute approximate surface area is 173 Å². The van der Waals surface area contributed by atoms with E-state index in [1.54, 1.807) is 0 Å². The molecule has 0 radical (unpaired) electrons. The Kier molecular flexibility index (Phi) is 4.10. The second kappa shape index (κ2) is 6.81. The van der Waals surface area contributed by atoms with E-state index in [2.05, 4.69) is 39.6 Å². The van der Waals surface area contributed by atoms with Gasteiger partial charge in [0.25, 0.3) is 0 Å². The molecule has 1 amide bonds. The van der Waals surface area contributed by atoms with Crippen molar-refractivity contribution in [2.24, 2.45) is 0 Å². The van der Waals surface area contributed by atoms with Crippen molar-refractivity contribution in [3.05, 3.63) is 73.3 Å². The molecule has 0 saturated carbocycles. The molecule has 1 aromatic carbocycles. The van der Waals surface area contributed by atoms with Crippen molar-refractivity contribution in [3.8, 4) is 11.1 Å². The predicted octanol–water partition coefficient (Wildman–Crippen LogP) is 3.16. The molecule has 0 aliphatic heterocycles. The summed E-state index contributed by atoms with van der Waals surface area (Å²) in [6.07, 6.45) is 5.81. The van der Waals surface area contributed by atoms with Gasteiger partial charge in [-0.2, -0.15) is 5.10 Å². The van der Waals surface area contributed by atoms with Gasteiger partial charge in [0.1, 0.15) is 11.8 Å². The minimum Gasteiger partial charge on any atom is -0.382 e. The number of nitrogens with one attached hydrogen (secondary N) is 1. The zero-order valence-corrected chi connectivity index (χ0v) is 16.3. The number of rotatable bonds is 3. The first-order valence-electron chi connectivity index (χ1n) is 9.67. The van der Waals surface area contributed by atoms with Gasteiger partial charge >= 0.3 is 0 Å². The first-order valence-corrected chi connectivity index (χ1v) is 9.67. The van der Waals surface area contributed by atoms with Crippen molar-refractivity contribution in [2.75, 3.05) is 5.73 Å². The van der Waals surface area contributed by atoms with E-state index in [1.807, 2.05) is 35.0 Å². The Balaban J connectivity index is 1.75. The van der Waals surface area contributed by atoms with Crippen LogP contribution in [0.2, 0.25) is 0 Å². The highest BCUT2D eigenvalue weighted by molar-refractivity contribution is 5.99. The van der Waals surface area contributed by atoms with Gasteiger partial charge in [0.05, 0.1) is 11.2 Å². The summed E-state index contributed by atoms with van der Waals surface area (Å²) >= 11 is 0. The van der Waals surface area contributed by atoms with Crippen LogP contribution in [0.5, 0.6) is 0 Å². The average Bonchev–Trinajstić information content (AvgIpc) is 3.09. The van der Waals surface area contributed by atoms with E-state index in [0.717, 1.165) is 44.4 Å². The number of aromatic nitrogens is 4. The summed E-state index contributed by atoms with van der Waals surface area (Å²) in [5, 5.41) is 8.48. The van der Waals surface area contributed by atoms with Gasteiger partial charge in [-0.25, -0.2) is 9.50 Å². The van der Waals surface area contributed by atoms with Gasteiger partial charge in [-0.3, -0.25) is 9.78 Å². The van der Waals surface area contributed by atoms with Crippen LogP contribution in [-0.2, 0) is 11.2 Å². The maximum absolute atomic E-state index is 11.8. The molecule has 3 heterocycles. The highest BCUT2D eigenvalue weighted by Gasteiger charge is 2.31. The molecule has 148 valence electrons. The molecule has 0 bridgehead atoms. The standard InChI is InChI=1S/C23H20N6O/c1-3-19(30)28-16-8-13(2)20-18(10-16)29-22(23(24)26-12-27-29)21(20)15-9-14-6-4-5-7-17(14)25-11-15/h3-7,9,11-12,16H,1-2,8,10H2,(H,28,30)(H2,24,26,27)/t16-/m0/s1. The molecule has 3 N–H and O–H groups in total. The molecule has 0 fully saturated rings. The quantitative estimate of drug-likeness (QED) is 0.519. The lowest BCUT2D eigenvalue weighted by Crippen LogP contribution is -2.37. The molecule has 1 aliphatic rings. The third-order valence-electron chi connectivity index (χ3n) is 5.55. The van der Waals surface area contributed by atoms with Crippen LogP contribution < -0.4 is 11.1 Å². The van der Waals surface area contributed by atoms with E-state index in [1.165, 1.54) is 12.4 Å². The lowest BCUT2D eigenvalue weighted by Gasteiger charge is -2.25. The maximum atomic E-state index is 11.8. The molecular weight excluding hydrogens is 376 g/mol. The Hall–Kier alpha value is -4.00. The number of carbonyl (C=O) groups excluding carboxylic acids is 1. The van der Waals surface area contributed by atoms with Gasteiger partial charge in [0.15, 0.2) is 5.82 Å². The highest BCUT2D eigenvalue weighted by Crippen LogP contribution is 2.43. The molecule has 7 heteroatoms. The highest BCUT2D eigenvalue weighted by atomic mass is 16.1. The summed E-state index contributed by atoms with van der Waals surface area (Å²) in [7, 11) is 0. The lowest BCUT2D eigenvalue weighted by molar-refractivity contribution is -0.117. The van der Waals surface area contributed by atoms with E-state index in [0.29, 0.717) is 18.7 Å². The van der Waals surface area contributed by atoms with Gasteiger partial charge in [0.2, 0.25) is 5.91 Å². The molecule has 0 spiro atoms. The van der Waals surface area contributed by atoms with E-state index in [-0.39, 0.29) is 11.9 Å². The fourth-order valence-electron chi connectivity index (χ4n) is 4.30. The number of hydrogen-bond donors (Lipinski definition) is 2. The van der Waals surface area contributed by atoms with Crippen molar-refractivity contribution >= 4 is 33.7 Å². The minimum absolute atomic E-state index is 0.0904. The molecule has 3 aromatic heterocycles. The number of hydrogen-bond acceptors (Lipinski definition) is 5. The maximum Gasteiger partial charge on any atom is 0.243 e. The fraction of sp³-hybridized carbons (Fsp3) is 0.130. The smallest absolute Gasteiger partial charge is 0.243 e. The van der Waals surface area contributed by atoms with Crippen LogP contribution in [0.3, 0.4) is 0 Å². The molecule has 0 unspecified atom stereocenters. The Bertz CT molecular complexity index is 1350. The monoisotopic (exact) mass is 396 g/mol.